The van der Waals surface area contributed by atoms with Gasteiger partial charge in [-0.25, -0.2) is 0 Å². The molecule has 1 aromatic rings. The van der Waals surface area contributed by atoms with Crippen molar-refractivity contribution in [2.75, 3.05) is 0 Å². The largest absolute Gasteiger partial charge is 0.332 e. The summed E-state index contributed by atoms with van der Waals surface area (Å²) < 4.78 is 0. The summed E-state index contributed by atoms with van der Waals surface area (Å²) in [7, 11) is -1.54. The summed E-state index contributed by atoms with van der Waals surface area (Å²) in [6, 6.07) is 8.95. The molecule has 2 heteroatoms. The quantitative estimate of drug-likeness (QED) is 0.786. The van der Waals surface area contributed by atoms with Gasteiger partial charge in [0.15, 0.2) is 0 Å². The number of fused-ring (bicyclic) bond motifs is 1. The lowest BCUT2D eigenvalue weighted by Crippen LogP contribution is -2.57. The fraction of sp³-hybridized carbons (Fsp3) is 0.529. The maximum Gasteiger partial charge on any atom is 0.131 e. The van der Waals surface area contributed by atoms with Crippen molar-refractivity contribution < 1.29 is 0 Å². The number of nitrogens with one attached hydrogen (secondary N) is 1. The first-order chi connectivity index (χ1) is 8.74. The lowest BCUT2D eigenvalue weighted by atomic mass is 10.0. The highest BCUT2D eigenvalue weighted by Gasteiger charge is 2.38. The minimum absolute atomic E-state index is 0.188. The topological polar surface area (TPSA) is 12.0 Å². The first-order valence-electron chi connectivity index (χ1n) is 7.34. The lowest BCUT2D eigenvalue weighted by Gasteiger charge is -2.37. The van der Waals surface area contributed by atoms with Crippen molar-refractivity contribution in [2.24, 2.45) is 0 Å². The smallest absolute Gasteiger partial charge is 0.131 e. The fourth-order valence-corrected chi connectivity index (χ4v) is 7.13. The molecule has 0 aromatic heterocycles. The molecule has 0 aliphatic heterocycles. The van der Waals surface area contributed by atoms with Crippen molar-refractivity contribution in [3.63, 3.8) is 0 Å². The summed E-state index contributed by atoms with van der Waals surface area (Å²) >= 11 is 0. The predicted molar refractivity (Wildman–Crippen MR) is 87.8 cm³/mol. The van der Waals surface area contributed by atoms with Crippen LogP contribution in [0.15, 0.2) is 30.3 Å². The molecule has 1 unspecified atom stereocenters. The molecule has 0 radical (unpaired) electrons. The van der Waals surface area contributed by atoms with Crippen LogP contribution in [0.3, 0.4) is 0 Å². The zero-order chi connectivity index (χ0) is 14.3. The molecule has 104 valence electrons. The van der Waals surface area contributed by atoms with E-state index in [1.54, 1.807) is 0 Å². The first-order valence-corrected chi connectivity index (χ1v) is 10.4. The van der Waals surface area contributed by atoms with E-state index in [9.17, 15) is 0 Å². The van der Waals surface area contributed by atoms with E-state index in [1.807, 2.05) is 0 Å². The highest BCUT2D eigenvalue weighted by atomic mass is 28.3. The zero-order valence-corrected chi connectivity index (χ0v) is 14.2. The minimum Gasteiger partial charge on any atom is -0.332 e. The van der Waals surface area contributed by atoms with Crippen LogP contribution in [0.2, 0.25) is 13.1 Å². The van der Waals surface area contributed by atoms with Crippen molar-refractivity contribution in [2.45, 2.75) is 58.3 Å². The molecule has 1 nitrogen and oxygen atoms in total. The van der Waals surface area contributed by atoms with Gasteiger partial charge in [-0.1, -0.05) is 50.4 Å². The van der Waals surface area contributed by atoms with Gasteiger partial charge in [0.25, 0.3) is 0 Å². The van der Waals surface area contributed by atoms with Crippen LogP contribution in [0.25, 0.3) is 5.57 Å². The Labute approximate surface area is 119 Å². The third kappa shape index (κ3) is 3.01. The maximum absolute atomic E-state index is 3.92. The molecule has 0 fully saturated rings. The number of allylic oxidation sites excluding steroid dienone is 2. The van der Waals surface area contributed by atoms with Gasteiger partial charge >= 0.3 is 0 Å². The molecular formula is C17H27NSi. The molecule has 1 aliphatic carbocycles. The van der Waals surface area contributed by atoms with Crippen molar-refractivity contribution in [3.8, 4) is 0 Å². The second-order valence-corrected chi connectivity index (χ2v) is 11.5. The Morgan fingerprint density at radius 3 is 2.37 bits per heavy atom. The third-order valence-electron chi connectivity index (χ3n) is 3.87. The molecule has 0 bridgehead atoms. The van der Waals surface area contributed by atoms with Gasteiger partial charge < -0.3 is 4.98 Å². The van der Waals surface area contributed by atoms with Gasteiger partial charge in [0.2, 0.25) is 0 Å². The van der Waals surface area contributed by atoms with Gasteiger partial charge in [0.1, 0.15) is 8.24 Å². The minimum atomic E-state index is -1.54. The van der Waals surface area contributed by atoms with E-state index in [0.29, 0.717) is 5.54 Å². The Kier molecular flexibility index (Phi) is 3.76. The molecule has 19 heavy (non-hydrogen) atoms. The standard InChI is InChI=1S/C17H27NSi/c1-7-13-12-16(15-11-9-8-10-14(13)15)19(5,6)18-17(2,3)4/h8-12,16,18H,7H2,1-6H3. The van der Waals surface area contributed by atoms with E-state index in [1.165, 1.54) is 16.7 Å². The van der Waals surface area contributed by atoms with E-state index in [0.717, 1.165) is 6.42 Å². The van der Waals surface area contributed by atoms with Gasteiger partial charge in [-0.05, 0) is 43.9 Å². The number of hydrogen-bond donors (Lipinski definition) is 1. The lowest BCUT2D eigenvalue weighted by molar-refractivity contribution is 0.509. The normalized spacial score (nSPS) is 19.3. The second-order valence-electron chi connectivity index (χ2n) is 7.21. The van der Waals surface area contributed by atoms with Gasteiger partial charge in [-0.15, -0.1) is 0 Å². The van der Waals surface area contributed by atoms with Crippen molar-refractivity contribution in [1.82, 2.24) is 4.98 Å². The van der Waals surface area contributed by atoms with Crippen molar-refractivity contribution in [1.29, 1.82) is 0 Å². The van der Waals surface area contributed by atoms with E-state index in [2.05, 4.69) is 76.1 Å². The summed E-state index contributed by atoms with van der Waals surface area (Å²) in [5.41, 5.74) is 5.32. The summed E-state index contributed by atoms with van der Waals surface area (Å²) in [6.07, 6.45) is 3.66. The third-order valence-corrected chi connectivity index (χ3v) is 7.29. The van der Waals surface area contributed by atoms with Crippen LogP contribution in [0.4, 0.5) is 0 Å². The van der Waals surface area contributed by atoms with Crippen LogP contribution < -0.4 is 4.98 Å². The Balaban J connectivity index is 2.39. The van der Waals surface area contributed by atoms with Crippen molar-refractivity contribution >= 4 is 13.8 Å². The molecular weight excluding hydrogens is 246 g/mol. The Bertz CT molecular complexity index is 494. The van der Waals surface area contributed by atoms with Crippen LogP contribution in [0.5, 0.6) is 0 Å². The molecule has 0 heterocycles. The summed E-state index contributed by atoms with van der Waals surface area (Å²) in [5.74, 6) is 0. The number of rotatable bonds is 3. The summed E-state index contributed by atoms with van der Waals surface area (Å²) in [4.78, 5) is 3.92. The van der Waals surface area contributed by atoms with E-state index < -0.39 is 8.24 Å². The van der Waals surface area contributed by atoms with E-state index in [4.69, 9.17) is 0 Å². The Morgan fingerprint density at radius 2 is 1.79 bits per heavy atom. The van der Waals surface area contributed by atoms with Gasteiger partial charge in [-0.2, -0.15) is 0 Å². The van der Waals surface area contributed by atoms with Crippen LogP contribution in [0, 0.1) is 0 Å². The average molecular weight is 273 g/mol. The van der Waals surface area contributed by atoms with Crippen LogP contribution in [0.1, 0.15) is 50.8 Å². The van der Waals surface area contributed by atoms with Gasteiger partial charge in [-0.3, -0.25) is 0 Å². The highest BCUT2D eigenvalue weighted by Crippen LogP contribution is 2.41. The SMILES string of the molecule is CCC1=CC([Si](C)(C)NC(C)(C)C)c2ccccc21. The molecule has 1 atom stereocenters. The Hall–Kier alpha value is -0.863. The molecule has 1 aromatic carbocycles. The highest BCUT2D eigenvalue weighted by molar-refractivity contribution is 6.77. The maximum atomic E-state index is 3.92. The fourth-order valence-electron chi connectivity index (χ4n) is 3.39. The molecule has 2 rings (SSSR count). The molecule has 0 amide bonds. The number of hydrogen-bond acceptors (Lipinski definition) is 1. The van der Waals surface area contributed by atoms with E-state index in [-0.39, 0.29) is 5.54 Å². The monoisotopic (exact) mass is 273 g/mol. The van der Waals surface area contributed by atoms with Crippen LogP contribution in [-0.4, -0.2) is 13.8 Å². The molecule has 0 spiro atoms. The van der Waals surface area contributed by atoms with E-state index >= 15 is 0 Å². The molecule has 1 aliphatic rings. The summed E-state index contributed by atoms with van der Waals surface area (Å²) in [5, 5.41) is 0. The second kappa shape index (κ2) is 4.91. The summed E-state index contributed by atoms with van der Waals surface area (Å²) in [6.45, 7) is 14.0. The molecule has 0 saturated carbocycles. The van der Waals surface area contributed by atoms with Gasteiger partial charge in [0.05, 0.1) is 0 Å². The van der Waals surface area contributed by atoms with Crippen LogP contribution in [-0.2, 0) is 0 Å². The van der Waals surface area contributed by atoms with Crippen molar-refractivity contribution in [3.05, 3.63) is 41.5 Å². The predicted octanol–water partition coefficient (Wildman–Crippen LogP) is 4.71. The molecule has 0 saturated heterocycles. The zero-order valence-electron chi connectivity index (χ0n) is 13.2. The number of benzene rings is 1. The average Bonchev–Trinajstić information content (AvgIpc) is 2.65. The Morgan fingerprint density at radius 1 is 1.16 bits per heavy atom. The molecule has 1 N–H and O–H groups in total. The van der Waals surface area contributed by atoms with Crippen LogP contribution >= 0.6 is 0 Å². The van der Waals surface area contributed by atoms with Gasteiger partial charge in [0, 0.05) is 11.1 Å². The first kappa shape index (κ1) is 14.5.